The standard InChI is InChI=1S/C14H24N2O/c1-11(15-5)12-7-6-9-16-13(12)17-10-8-14(2,3)4/h6-7,9,11,15H,8,10H2,1-5H3. The second-order valence-electron chi connectivity index (χ2n) is 5.57. The van der Waals surface area contributed by atoms with E-state index in [0.29, 0.717) is 12.0 Å². The lowest BCUT2D eigenvalue weighted by molar-refractivity contribution is 0.233. The molecule has 1 aromatic heterocycles. The summed E-state index contributed by atoms with van der Waals surface area (Å²) in [7, 11) is 1.94. The van der Waals surface area contributed by atoms with E-state index < -0.39 is 0 Å². The lowest BCUT2D eigenvalue weighted by atomic mass is 9.93. The molecule has 1 N–H and O–H groups in total. The molecule has 0 radical (unpaired) electrons. The molecule has 0 aliphatic rings. The number of ether oxygens (including phenoxy) is 1. The van der Waals surface area contributed by atoms with E-state index in [1.165, 1.54) is 0 Å². The van der Waals surface area contributed by atoms with E-state index in [1.807, 2.05) is 13.1 Å². The van der Waals surface area contributed by atoms with Crippen LogP contribution in [0.25, 0.3) is 0 Å². The van der Waals surface area contributed by atoms with Gasteiger partial charge < -0.3 is 10.1 Å². The second kappa shape index (κ2) is 6.01. The Morgan fingerprint density at radius 1 is 1.41 bits per heavy atom. The highest BCUT2D eigenvalue weighted by Gasteiger charge is 2.13. The molecule has 3 heteroatoms. The predicted molar refractivity (Wildman–Crippen MR) is 71.3 cm³/mol. The number of hydrogen-bond donors (Lipinski definition) is 1. The number of aromatic nitrogens is 1. The highest BCUT2D eigenvalue weighted by atomic mass is 16.5. The highest BCUT2D eigenvalue weighted by molar-refractivity contribution is 5.28. The average molecular weight is 236 g/mol. The average Bonchev–Trinajstić information content (AvgIpc) is 2.27. The van der Waals surface area contributed by atoms with Gasteiger partial charge in [0.15, 0.2) is 0 Å². The minimum atomic E-state index is 0.258. The molecule has 0 fully saturated rings. The van der Waals surface area contributed by atoms with Gasteiger partial charge in [0.25, 0.3) is 0 Å². The Kier molecular flexibility index (Phi) is 4.94. The van der Waals surface area contributed by atoms with Crippen molar-refractivity contribution in [1.29, 1.82) is 0 Å². The fourth-order valence-electron chi connectivity index (χ4n) is 1.46. The predicted octanol–water partition coefficient (Wildman–Crippen LogP) is 3.18. The Morgan fingerprint density at radius 3 is 2.71 bits per heavy atom. The Bertz CT molecular complexity index is 344. The smallest absolute Gasteiger partial charge is 0.218 e. The van der Waals surface area contributed by atoms with Crippen LogP contribution in [0.4, 0.5) is 0 Å². The van der Waals surface area contributed by atoms with Crippen LogP contribution >= 0.6 is 0 Å². The van der Waals surface area contributed by atoms with Crippen LogP contribution in [-0.4, -0.2) is 18.6 Å². The third-order valence-electron chi connectivity index (χ3n) is 2.79. The minimum absolute atomic E-state index is 0.258. The molecule has 96 valence electrons. The van der Waals surface area contributed by atoms with Crippen molar-refractivity contribution in [2.45, 2.75) is 40.2 Å². The fourth-order valence-corrected chi connectivity index (χ4v) is 1.46. The molecule has 3 nitrogen and oxygen atoms in total. The van der Waals surface area contributed by atoms with Gasteiger partial charge in [-0.1, -0.05) is 26.8 Å². The van der Waals surface area contributed by atoms with Gasteiger partial charge in [-0.15, -0.1) is 0 Å². The quantitative estimate of drug-likeness (QED) is 0.852. The summed E-state index contributed by atoms with van der Waals surface area (Å²) in [4.78, 5) is 4.31. The molecule has 0 saturated carbocycles. The van der Waals surface area contributed by atoms with Gasteiger partial charge in [-0.2, -0.15) is 0 Å². The van der Waals surface area contributed by atoms with Crippen molar-refractivity contribution in [3.63, 3.8) is 0 Å². The normalized spacial score (nSPS) is 13.5. The summed E-state index contributed by atoms with van der Waals surface area (Å²) in [5.74, 6) is 0.749. The molecular formula is C14H24N2O. The molecule has 0 spiro atoms. The van der Waals surface area contributed by atoms with Gasteiger partial charge in [-0.25, -0.2) is 4.98 Å². The molecular weight excluding hydrogens is 212 g/mol. The molecule has 1 rings (SSSR count). The Morgan fingerprint density at radius 2 is 2.12 bits per heavy atom. The molecule has 17 heavy (non-hydrogen) atoms. The molecule has 1 atom stereocenters. The Labute approximate surface area is 105 Å². The SMILES string of the molecule is CNC(C)c1cccnc1OCCC(C)(C)C. The second-order valence-corrected chi connectivity index (χ2v) is 5.57. The van der Waals surface area contributed by atoms with E-state index in [-0.39, 0.29) is 6.04 Å². The maximum absolute atomic E-state index is 5.79. The first kappa shape index (κ1) is 14.0. The van der Waals surface area contributed by atoms with Gasteiger partial charge >= 0.3 is 0 Å². The van der Waals surface area contributed by atoms with Crippen molar-refractivity contribution in [3.8, 4) is 5.88 Å². The van der Waals surface area contributed by atoms with Gasteiger partial charge in [-0.05, 0) is 31.9 Å². The molecule has 1 aromatic rings. The fraction of sp³-hybridized carbons (Fsp3) is 0.643. The van der Waals surface area contributed by atoms with Crippen LogP contribution in [0.3, 0.4) is 0 Å². The van der Waals surface area contributed by atoms with Crippen molar-refractivity contribution in [2.24, 2.45) is 5.41 Å². The van der Waals surface area contributed by atoms with Gasteiger partial charge in [0.2, 0.25) is 5.88 Å². The van der Waals surface area contributed by atoms with Crippen molar-refractivity contribution in [3.05, 3.63) is 23.9 Å². The maximum Gasteiger partial charge on any atom is 0.218 e. The largest absolute Gasteiger partial charge is 0.477 e. The lowest BCUT2D eigenvalue weighted by Crippen LogP contribution is -2.16. The number of hydrogen-bond acceptors (Lipinski definition) is 3. The van der Waals surface area contributed by atoms with E-state index >= 15 is 0 Å². The summed E-state index contributed by atoms with van der Waals surface area (Å²) in [5.41, 5.74) is 1.41. The summed E-state index contributed by atoms with van der Waals surface area (Å²) >= 11 is 0. The molecule has 0 aliphatic heterocycles. The third kappa shape index (κ3) is 4.73. The van der Waals surface area contributed by atoms with Crippen molar-refractivity contribution < 1.29 is 4.74 Å². The van der Waals surface area contributed by atoms with E-state index in [2.05, 4.69) is 44.1 Å². The number of nitrogens with zero attached hydrogens (tertiary/aromatic N) is 1. The van der Waals surface area contributed by atoms with Gasteiger partial charge in [0.05, 0.1) is 6.61 Å². The first-order valence-corrected chi connectivity index (χ1v) is 6.19. The molecule has 1 unspecified atom stereocenters. The van der Waals surface area contributed by atoms with E-state index in [1.54, 1.807) is 6.20 Å². The molecule has 0 amide bonds. The summed E-state index contributed by atoms with van der Waals surface area (Å²) < 4.78 is 5.79. The third-order valence-corrected chi connectivity index (χ3v) is 2.79. The molecule has 0 bridgehead atoms. The van der Waals surface area contributed by atoms with Gasteiger partial charge in [-0.3, -0.25) is 0 Å². The Hall–Kier alpha value is -1.09. The van der Waals surface area contributed by atoms with Crippen LogP contribution in [0, 0.1) is 5.41 Å². The highest BCUT2D eigenvalue weighted by Crippen LogP contribution is 2.23. The first-order chi connectivity index (χ1) is 7.94. The summed E-state index contributed by atoms with van der Waals surface area (Å²) in [6.07, 6.45) is 2.80. The summed E-state index contributed by atoms with van der Waals surface area (Å²) in [5, 5.41) is 3.21. The number of nitrogens with one attached hydrogen (secondary N) is 1. The number of rotatable bonds is 5. The van der Waals surface area contributed by atoms with Crippen molar-refractivity contribution in [2.75, 3.05) is 13.7 Å². The Balaban J connectivity index is 2.64. The minimum Gasteiger partial charge on any atom is -0.477 e. The zero-order chi connectivity index (χ0) is 12.9. The molecule has 1 heterocycles. The van der Waals surface area contributed by atoms with E-state index in [9.17, 15) is 0 Å². The summed E-state index contributed by atoms with van der Waals surface area (Å²) in [6, 6.07) is 4.26. The van der Waals surface area contributed by atoms with Crippen molar-refractivity contribution in [1.82, 2.24) is 10.3 Å². The van der Waals surface area contributed by atoms with Crippen LogP contribution in [0.1, 0.15) is 45.7 Å². The van der Waals surface area contributed by atoms with Gasteiger partial charge in [0, 0.05) is 17.8 Å². The molecule has 0 aliphatic carbocycles. The molecule has 0 saturated heterocycles. The van der Waals surface area contributed by atoms with Crippen LogP contribution in [-0.2, 0) is 0 Å². The van der Waals surface area contributed by atoms with Crippen LogP contribution < -0.4 is 10.1 Å². The van der Waals surface area contributed by atoms with Crippen LogP contribution in [0.2, 0.25) is 0 Å². The van der Waals surface area contributed by atoms with Gasteiger partial charge in [0.1, 0.15) is 0 Å². The van der Waals surface area contributed by atoms with Crippen molar-refractivity contribution >= 4 is 0 Å². The van der Waals surface area contributed by atoms with Crippen LogP contribution in [0.5, 0.6) is 5.88 Å². The molecule has 0 aromatic carbocycles. The lowest BCUT2D eigenvalue weighted by Gasteiger charge is -2.19. The summed E-state index contributed by atoms with van der Waals surface area (Å²) in [6.45, 7) is 9.46. The monoisotopic (exact) mass is 236 g/mol. The zero-order valence-electron chi connectivity index (χ0n) is 11.6. The van der Waals surface area contributed by atoms with Crippen LogP contribution in [0.15, 0.2) is 18.3 Å². The number of pyridine rings is 1. The zero-order valence-corrected chi connectivity index (χ0v) is 11.6. The van der Waals surface area contributed by atoms with E-state index in [4.69, 9.17) is 4.74 Å². The maximum atomic E-state index is 5.79. The first-order valence-electron chi connectivity index (χ1n) is 6.19. The topological polar surface area (TPSA) is 34.2 Å². The van der Waals surface area contributed by atoms with E-state index in [0.717, 1.165) is 17.9 Å².